The van der Waals surface area contributed by atoms with Gasteiger partial charge >= 0.3 is 5.97 Å². The number of ether oxygens (including phenoxy) is 2. The number of carbonyl (C=O) groups is 1. The van der Waals surface area contributed by atoms with Crippen LogP contribution in [-0.2, 0) is 4.74 Å². The van der Waals surface area contributed by atoms with Gasteiger partial charge < -0.3 is 9.47 Å². The minimum atomic E-state index is -0.312. The number of aromatic nitrogens is 1. The number of fused-ring (bicyclic) bond motifs is 1. The zero-order chi connectivity index (χ0) is 20.3. The molecule has 2 aromatic carbocycles. The Labute approximate surface area is 166 Å². The second-order valence-corrected chi connectivity index (χ2v) is 7.34. The van der Waals surface area contributed by atoms with E-state index >= 15 is 0 Å². The van der Waals surface area contributed by atoms with Crippen molar-refractivity contribution in [2.75, 3.05) is 6.61 Å². The molecule has 0 saturated heterocycles. The molecule has 0 bridgehead atoms. The van der Waals surface area contributed by atoms with E-state index in [1.807, 2.05) is 69.3 Å². The standard InChI is InChI=1S/C24H27NO3/c1-6-27-24(26)22-19-13-12-18(28-16(4)5)14-20(19)25-23(21(22)15(2)3)17-10-8-7-9-11-17/h7-16H,6H2,1-5H3. The molecule has 0 unspecified atom stereocenters. The number of carbonyl (C=O) groups excluding carboxylic acids is 1. The lowest BCUT2D eigenvalue weighted by molar-refractivity contribution is 0.0527. The fraction of sp³-hybridized carbons (Fsp3) is 0.333. The van der Waals surface area contributed by atoms with Gasteiger partial charge in [-0.05, 0) is 44.4 Å². The van der Waals surface area contributed by atoms with Crippen LogP contribution in [0.2, 0.25) is 0 Å². The second-order valence-electron chi connectivity index (χ2n) is 7.34. The minimum absolute atomic E-state index is 0.0607. The first-order chi connectivity index (χ1) is 13.4. The lowest BCUT2D eigenvalue weighted by Gasteiger charge is -2.20. The predicted molar refractivity (Wildman–Crippen MR) is 113 cm³/mol. The Hall–Kier alpha value is -2.88. The van der Waals surface area contributed by atoms with E-state index in [1.165, 1.54) is 0 Å². The maximum Gasteiger partial charge on any atom is 0.339 e. The van der Waals surface area contributed by atoms with Gasteiger partial charge in [0.25, 0.3) is 0 Å². The molecule has 4 heteroatoms. The molecule has 4 nitrogen and oxygen atoms in total. The summed E-state index contributed by atoms with van der Waals surface area (Å²) in [7, 11) is 0. The molecule has 0 atom stereocenters. The van der Waals surface area contributed by atoms with Gasteiger partial charge in [0, 0.05) is 17.0 Å². The molecule has 0 aliphatic carbocycles. The molecule has 3 aromatic rings. The summed E-state index contributed by atoms with van der Waals surface area (Å²) in [6.45, 7) is 10.3. The van der Waals surface area contributed by atoms with Crippen LogP contribution in [0.3, 0.4) is 0 Å². The molecule has 1 heterocycles. The molecule has 0 aliphatic rings. The number of esters is 1. The van der Waals surface area contributed by atoms with E-state index in [4.69, 9.17) is 14.5 Å². The minimum Gasteiger partial charge on any atom is -0.491 e. The van der Waals surface area contributed by atoms with Crippen molar-refractivity contribution in [1.82, 2.24) is 4.98 Å². The van der Waals surface area contributed by atoms with Gasteiger partial charge in [-0.15, -0.1) is 0 Å². The molecule has 0 spiro atoms. The highest BCUT2D eigenvalue weighted by Crippen LogP contribution is 2.36. The zero-order valence-corrected chi connectivity index (χ0v) is 17.2. The molecule has 0 fully saturated rings. The van der Waals surface area contributed by atoms with E-state index in [0.717, 1.165) is 33.5 Å². The van der Waals surface area contributed by atoms with E-state index in [1.54, 1.807) is 0 Å². The Kier molecular flexibility index (Phi) is 5.98. The van der Waals surface area contributed by atoms with Gasteiger partial charge in [0.15, 0.2) is 0 Å². The first-order valence-corrected chi connectivity index (χ1v) is 9.79. The van der Waals surface area contributed by atoms with Gasteiger partial charge in [0.2, 0.25) is 0 Å². The number of hydrogen-bond acceptors (Lipinski definition) is 4. The van der Waals surface area contributed by atoms with Crippen LogP contribution in [0.5, 0.6) is 5.75 Å². The fourth-order valence-electron chi connectivity index (χ4n) is 3.41. The van der Waals surface area contributed by atoms with Crippen molar-refractivity contribution < 1.29 is 14.3 Å². The maximum absolute atomic E-state index is 12.9. The Morgan fingerprint density at radius 3 is 2.36 bits per heavy atom. The van der Waals surface area contributed by atoms with Crippen molar-refractivity contribution in [2.45, 2.75) is 46.6 Å². The smallest absolute Gasteiger partial charge is 0.339 e. The summed E-state index contributed by atoms with van der Waals surface area (Å²) in [5, 5.41) is 0.790. The first-order valence-electron chi connectivity index (χ1n) is 9.79. The normalized spacial score (nSPS) is 11.2. The molecule has 0 aliphatic heterocycles. The van der Waals surface area contributed by atoms with E-state index in [0.29, 0.717) is 12.2 Å². The maximum atomic E-state index is 12.9. The highest BCUT2D eigenvalue weighted by atomic mass is 16.5. The molecule has 28 heavy (non-hydrogen) atoms. The van der Waals surface area contributed by atoms with Crippen LogP contribution < -0.4 is 4.74 Å². The van der Waals surface area contributed by atoms with Crippen molar-refractivity contribution in [3.8, 4) is 17.0 Å². The van der Waals surface area contributed by atoms with Crippen molar-refractivity contribution in [1.29, 1.82) is 0 Å². The molecule has 0 saturated carbocycles. The van der Waals surface area contributed by atoms with Gasteiger partial charge in [-0.25, -0.2) is 9.78 Å². The van der Waals surface area contributed by atoms with Gasteiger partial charge in [-0.1, -0.05) is 44.2 Å². The molecule has 0 N–H and O–H groups in total. The fourth-order valence-corrected chi connectivity index (χ4v) is 3.41. The van der Waals surface area contributed by atoms with Crippen LogP contribution in [-0.4, -0.2) is 23.7 Å². The average molecular weight is 377 g/mol. The van der Waals surface area contributed by atoms with Gasteiger partial charge in [-0.3, -0.25) is 0 Å². The molecule has 1 aromatic heterocycles. The lowest BCUT2D eigenvalue weighted by atomic mass is 9.89. The van der Waals surface area contributed by atoms with Crippen LogP contribution in [0.25, 0.3) is 22.2 Å². The third-order valence-electron chi connectivity index (χ3n) is 4.47. The summed E-state index contributed by atoms with van der Waals surface area (Å²) < 4.78 is 11.3. The van der Waals surface area contributed by atoms with Crippen LogP contribution in [0, 0.1) is 0 Å². The van der Waals surface area contributed by atoms with Crippen LogP contribution in [0.4, 0.5) is 0 Å². The van der Waals surface area contributed by atoms with Crippen molar-refractivity contribution in [2.24, 2.45) is 0 Å². The summed E-state index contributed by atoms with van der Waals surface area (Å²) in [4.78, 5) is 17.9. The van der Waals surface area contributed by atoms with Crippen molar-refractivity contribution >= 4 is 16.9 Å². The Bertz CT molecular complexity index is 978. The quantitative estimate of drug-likeness (QED) is 0.495. The zero-order valence-electron chi connectivity index (χ0n) is 17.2. The Balaban J connectivity index is 2.36. The van der Waals surface area contributed by atoms with Crippen LogP contribution >= 0.6 is 0 Å². The predicted octanol–water partition coefficient (Wildman–Crippen LogP) is 5.99. The van der Waals surface area contributed by atoms with Crippen molar-refractivity contribution in [3.63, 3.8) is 0 Å². The highest BCUT2D eigenvalue weighted by molar-refractivity contribution is 6.07. The lowest BCUT2D eigenvalue weighted by Crippen LogP contribution is -2.13. The Morgan fingerprint density at radius 2 is 1.75 bits per heavy atom. The average Bonchev–Trinajstić information content (AvgIpc) is 2.66. The molecular formula is C24H27NO3. The highest BCUT2D eigenvalue weighted by Gasteiger charge is 2.24. The van der Waals surface area contributed by atoms with E-state index in [-0.39, 0.29) is 18.0 Å². The molecule has 3 rings (SSSR count). The van der Waals surface area contributed by atoms with E-state index in [2.05, 4.69) is 13.8 Å². The summed E-state index contributed by atoms with van der Waals surface area (Å²) in [6.07, 6.45) is 0.0607. The third kappa shape index (κ3) is 4.01. The monoisotopic (exact) mass is 377 g/mol. The van der Waals surface area contributed by atoms with Gasteiger partial charge in [0.05, 0.1) is 29.5 Å². The SMILES string of the molecule is CCOC(=O)c1c(C(C)C)c(-c2ccccc2)nc2cc(OC(C)C)ccc12. The summed E-state index contributed by atoms with van der Waals surface area (Å²) >= 11 is 0. The number of rotatable bonds is 6. The molecular weight excluding hydrogens is 350 g/mol. The van der Waals surface area contributed by atoms with Crippen molar-refractivity contribution in [3.05, 3.63) is 59.7 Å². The van der Waals surface area contributed by atoms with Crippen LogP contribution in [0.15, 0.2) is 48.5 Å². The topological polar surface area (TPSA) is 48.4 Å². The number of hydrogen-bond donors (Lipinski definition) is 0. The van der Waals surface area contributed by atoms with Gasteiger partial charge in [0.1, 0.15) is 5.75 Å². The molecule has 0 radical (unpaired) electrons. The first kappa shape index (κ1) is 19.9. The summed E-state index contributed by atoms with van der Waals surface area (Å²) in [5.74, 6) is 0.535. The molecule has 146 valence electrons. The van der Waals surface area contributed by atoms with Gasteiger partial charge in [-0.2, -0.15) is 0 Å². The van der Waals surface area contributed by atoms with E-state index < -0.39 is 0 Å². The summed E-state index contributed by atoms with van der Waals surface area (Å²) in [5.41, 5.74) is 4.03. The third-order valence-corrected chi connectivity index (χ3v) is 4.47. The van der Waals surface area contributed by atoms with E-state index in [9.17, 15) is 4.79 Å². The largest absolute Gasteiger partial charge is 0.491 e. The summed E-state index contributed by atoms with van der Waals surface area (Å²) in [6, 6.07) is 15.7. The Morgan fingerprint density at radius 1 is 1.04 bits per heavy atom. The second kappa shape index (κ2) is 8.42. The van der Waals surface area contributed by atoms with Crippen LogP contribution in [0.1, 0.15) is 56.5 Å². The number of benzene rings is 2. The number of pyridine rings is 1. The number of nitrogens with zero attached hydrogens (tertiary/aromatic N) is 1. The molecule has 0 amide bonds.